The first-order valence-electron chi connectivity index (χ1n) is 8.91. The van der Waals surface area contributed by atoms with E-state index in [0.717, 1.165) is 63.8 Å². The maximum Gasteiger partial charge on any atom is 0.222 e. The summed E-state index contributed by atoms with van der Waals surface area (Å²) in [5.74, 6) is 2.09. The molecule has 8 nitrogen and oxygen atoms in total. The van der Waals surface area contributed by atoms with Crippen molar-refractivity contribution in [3.8, 4) is 0 Å². The lowest BCUT2D eigenvalue weighted by Gasteiger charge is -2.15. The molecule has 2 heterocycles. The van der Waals surface area contributed by atoms with Gasteiger partial charge in [-0.3, -0.25) is 9.79 Å². The van der Waals surface area contributed by atoms with Crippen LogP contribution in [0.1, 0.15) is 38.9 Å². The number of carbonyl (C=O) groups excluding carboxylic acids is 1. The van der Waals surface area contributed by atoms with Crippen molar-refractivity contribution in [2.24, 2.45) is 4.99 Å². The van der Waals surface area contributed by atoms with Crippen molar-refractivity contribution < 1.29 is 4.79 Å². The van der Waals surface area contributed by atoms with Crippen LogP contribution in [0.5, 0.6) is 0 Å². The molecule has 0 radical (unpaired) electrons. The van der Waals surface area contributed by atoms with Crippen LogP contribution in [0.15, 0.2) is 11.3 Å². The van der Waals surface area contributed by atoms with Crippen LogP contribution in [0.4, 0.5) is 0 Å². The molecule has 142 valence electrons. The van der Waals surface area contributed by atoms with Crippen molar-refractivity contribution in [3.05, 3.63) is 12.2 Å². The summed E-state index contributed by atoms with van der Waals surface area (Å²) < 4.78 is 2.05. The number of halogens is 1. The van der Waals surface area contributed by atoms with Gasteiger partial charge in [-0.15, -0.1) is 34.2 Å². The smallest absolute Gasteiger partial charge is 0.222 e. The predicted octanol–water partition coefficient (Wildman–Crippen LogP) is 1.03. The van der Waals surface area contributed by atoms with E-state index in [-0.39, 0.29) is 29.9 Å². The minimum atomic E-state index is 0. The molecule has 0 bridgehead atoms. The van der Waals surface area contributed by atoms with Gasteiger partial charge in [-0.2, -0.15) is 0 Å². The summed E-state index contributed by atoms with van der Waals surface area (Å²) >= 11 is 0. The number of aryl methyl sites for hydroxylation is 1. The molecule has 1 saturated heterocycles. The summed E-state index contributed by atoms with van der Waals surface area (Å²) in [5, 5.41) is 14.6. The Morgan fingerprint density at radius 1 is 1.32 bits per heavy atom. The zero-order chi connectivity index (χ0) is 17.2. The van der Waals surface area contributed by atoms with E-state index in [1.807, 2.05) is 4.90 Å². The first-order chi connectivity index (χ1) is 11.7. The van der Waals surface area contributed by atoms with Crippen molar-refractivity contribution in [3.63, 3.8) is 0 Å². The number of carbonyl (C=O) groups is 1. The Balaban J connectivity index is 0.00000312. The third-order valence-corrected chi connectivity index (χ3v) is 4.03. The van der Waals surface area contributed by atoms with Crippen LogP contribution in [0, 0.1) is 0 Å². The molecule has 1 aliphatic rings. The fourth-order valence-electron chi connectivity index (χ4n) is 2.77. The topological polar surface area (TPSA) is 87.4 Å². The van der Waals surface area contributed by atoms with Gasteiger partial charge < -0.3 is 20.1 Å². The zero-order valence-corrected chi connectivity index (χ0v) is 17.5. The number of likely N-dealkylation sites (tertiary alicyclic amines) is 1. The summed E-state index contributed by atoms with van der Waals surface area (Å²) in [4.78, 5) is 18.1. The van der Waals surface area contributed by atoms with Crippen LogP contribution in [0.3, 0.4) is 0 Å². The van der Waals surface area contributed by atoms with Crippen LogP contribution in [-0.4, -0.2) is 64.3 Å². The number of guanidine groups is 1. The SMILES string of the molecule is CCNC(=NCCCN1CCCC1=O)NCCn1cnnc1CC.I. The van der Waals surface area contributed by atoms with Crippen molar-refractivity contribution in [2.75, 3.05) is 32.7 Å². The quantitative estimate of drug-likeness (QED) is 0.247. The predicted molar refractivity (Wildman–Crippen MR) is 109 cm³/mol. The van der Waals surface area contributed by atoms with Gasteiger partial charge in [-0.25, -0.2) is 0 Å². The highest BCUT2D eigenvalue weighted by Gasteiger charge is 2.18. The van der Waals surface area contributed by atoms with E-state index in [4.69, 9.17) is 0 Å². The van der Waals surface area contributed by atoms with Gasteiger partial charge in [-0.1, -0.05) is 6.92 Å². The van der Waals surface area contributed by atoms with Crippen LogP contribution in [0.2, 0.25) is 0 Å². The Hall–Kier alpha value is -1.39. The van der Waals surface area contributed by atoms with E-state index in [9.17, 15) is 4.79 Å². The minimum absolute atomic E-state index is 0. The number of hydrogen-bond donors (Lipinski definition) is 2. The Morgan fingerprint density at radius 3 is 2.84 bits per heavy atom. The van der Waals surface area contributed by atoms with E-state index in [2.05, 4.69) is 44.2 Å². The van der Waals surface area contributed by atoms with Gasteiger partial charge >= 0.3 is 0 Å². The van der Waals surface area contributed by atoms with Crippen LogP contribution in [0.25, 0.3) is 0 Å². The number of hydrogen-bond acceptors (Lipinski definition) is 4. The van der Waals surface area contributed by atoms with Crippen LogP contribution >= 0.6 is 24.0 Å². The number of aliphatic imine (C=N–C) groups is 1. The number of aromatic nitrogens is 3. The van der Waals surface area contributed by atoms with E-state index < -0.39 is 0 Å². The molecule has 1 aromatic heterocycles. The van der Waals surface area contributed by atoms with Crippen molar-refractivity contribution in [2.45, 2.75) is 46.1 Å². The highest BCUT2D eigenvalue weighted by atomic mass is 127. The molecule has 0 saturated carbocycles. The number of amides is 1. The van der Waals surface area contributed by atoms with Crippen molar-refractivity contribution >= 4 is 35.8 Å². The molecule has 0 spiro atoms. The molecule has 0 aliphatic carbocycles. The molecule has 0 unspecified atom stereocenters. The lowest BCUT2D eigenvalue weighted by molar-refractivity contribution is -0.127. The van der Waals surface area contributed by atoms with Gasteiger partial charge in [0.1, 0.15) is 12.2 Å². The Bertz CT molecular complexity index is 546. The molecule has 1 aromatic rings. The first kappa shape index (κ1) is 21.7. The van der Waals surface area contributed by atoms with Gasteiger partial charge in [0.2, 0.25) is 5.91 Å². The third-order valence-electron chi connectivity index (χ3n) is 4.03. The summed E-state index contributed by atoms with van der Waals surface area (Å²) in [5.41, 5.74) is 0. The van der Waals surface area contributed by atoms with Gasteiger partial charge in [0.25, 0.3) is 0 Å². The van der Waals surface area contributed by atoms with Crippen molar-refractivity contribution in [1.82, 2.24) is 30.3 Å². The lowest BCUT2D eigenvalue weighted by atomic mass is 10.4. The first-order valence-corrected chi connectivity index (χ1v) is 8.91. The van der Waals surface area contributed by atoms with Gasteiger partial charge in [0, 0.05) is 52.1 Å². The summed E-state index contributed by atoms with van der Waals surface area (Å²) in [6.45, 7) is 8.95. The Morgan fingerprint density at radius 2 is 2.16 bits per heavy atom. The summed E-state index contributed by atoms with van der Waals surface area (Å²) in [6, 6.07) is 0. The molecule has 2 rings (SSSR count). The van der Waals surface area contributed by atoms with Gasteiger partial charge in [0.15, 0.2) is 5.96 Å². The number of nitrogens with zero attached hydrogens (tertiary/aromatic N) is 5. The molecule has 0 aromatic carbocycles. The fraction of sp³-hybridized carbons (Fsp3) is 0.750. The minimum Gasteiger partial charge on any atom is -0.357 e. The third kappa shape index (κ3) is 7.17. The lowest BCUT2D eigenvalue weighted by Crippen LogP contribution is -2.39. The number of rotatable bonds is 9. The largest absolute Gasteiger partial charge is 0.357 e. The summed E-state index contributed by atoms with van der Waals surface area (Å²) in [7, 11) is 0. The zero-order valence-electron chi connectivity index (χ0n) is 15.2. The Kier molecular flexibility index (Phi) is 10.4. The second-order valence-electron chi connectivity index (χ2n) is 5.82. The molecule has 1 amide bonds. The van der Waals surface area contributed by atoms with E-state index in [0.29, 0.717) is 13.0 Å². The van der Waals surface area contributed by atoms with E-state index in [1.165, 1.54) is 0 Å². The standard InChI is InChI=1S/C16H29N7O.HI/c1-3-14-21-20-13-23(14)12-9-19-16(17-4-2)18-8-6-11-22-10-5-7-15(22)24;/h13H,3-12H2,1-2H3,(H2,17,18,19);1H. The number of nitrogens with one attached hydrogen (secondary N) is 2. The molecular formula is C16H30IN7O. The van der Waals surface area contributed by atoms with Crippen molar-refractivity contribution in [1.29, 1.82) is 0 Å². The fourth-order valence-corrected chi connectivity index (χ4v) is 2.77. The molecule has 1 fully saturated rings. The highest BCUT2D eigenvalue weighted by Crippen LogP contribution is 2.09. The average molecular weight is 463 g/mol. The van der Waals surface area contributed by atoms with E-state index >= 15 is 0 Å². The highest BCUT2D eigenvalue weighted by molar-refractivity contribution is 14.0. The molecule has 25 heavy (non-hydrogen) atoms. The summed E-state index contributed by atoms with van der Waals surface area (Å²) in [6.07, 6.45) is 5.24. The van der Waals surface area contributed by atoms with E-state index in [1.54, 1.807) is 6.33 Å². The van der Waals surface area contributed by atoms with Gasteiger partial charge in [-0.05, 0) is 19.8 Å². The Labute approximate surface area is 166 Å². The van der Waals surface area contributed by atoms with Crippen LogP contribution in [-0.2, 0) is 17.8 Å². The van der Waals surface area contributed by atoms with Crippen LogP contribution < -0.4 is 10.6 Å². The average Bonchev–Trinajstić information content (AvgIpc) is 3.20. The van der Waals surface area contributed by atoms with Gasteiger partial charge in [0.05, 0.1) is 0 Å². The second kappa shape index (κ2) is 12.0. The monoisotopic (exact) mass is 463 g/mol. The molecule has 1 aliphatic heterocycles. The normalized spacial score (nSPS) is 14.6. The molecule has 2 N–H and O–H groups in total. The molecular weight excluding hydrogens is 433 g/mol. The maximum atomic E-state index is 11.6. The molecule has 0 atom stereocenters. The molecule has 9 heteroatoms. The second-order valence-corrected chi connectivity index (χ2v) is 5.82. The maximum absolute atomic E-state index is 11.6.